The zero-order valence-electron chi connectivity index (χ0n) is 16.8. The molecule has 1 aliphatic heterocycles. The lowest BCUT2D eigenvalue weighted by Crippen LogP contribution is -2.33. The number of aryl methyl sites for hydroxylation is 1. The van der Waals surface area contributed by atoms with Crippen molar-refractivity contribution in [3.63, 3.8) is 0 Å². The third-order valence-corrected chi connectivity index (χ3v) is 7.78. The number of amides is 1. The van der Waals surface area contributed by atoms with E-state index in [9.17, 15) is 4.79 Å². The van der Waals surface area contributed by atoms with Crippen LogP contribution in [0.25, 0.3) is 10.2 Å². The Labute approximate surface area is 183 Å². The van der Waals surface area contributed by atoms with Crippen LogP contribution in [0.2, 0.25) is 0 Å². The van der Waals surface area contributed by atoms with E-state index in [0.717, 1.165) is 40.8 Å². The van der Waals surface area contributed by atoms with E-state index in [-0.39, 0.29) is 17.7 Å². The molecule has 1 aromatic carbocycles. The predicted octanol–water partition coefficient (Wildman–Crippen LogP) is 4.13. The quantitative estimate of drug-likeness (QED) is 0.468. The van der Waals surface area contributed by atoms with Crippen LogP contribution in [0, 0.1) is 5.92 Å². The van der Waals surface area contributed by atoms with E-state index in [1.807, 2.05) is 24.3 Å². The lowest BCUT2D eigenvalue weighted by Gasteiger charge is -2.26. The molecule has 8 heteroatoms. The van der Waals surface area contributed by atoms with Gasteiger partial charge in [-0.2, -0.15) is 0 Å². The maximum atomic E-state index is 12.6. The number of nitrogen functional groups attached to an aromatic ring is 1. The molecule has 30 heavy (non-hydrogen) atoms. The van der Waals surface area contributed by atoms with Crippen molar-refractivity contribution in [2.24, 2.45) is 5.92 Å². The van der Waals surface area contributed by atoms with Gasteiger partial charge in [0, 0.05) is 16.9 Å². The number of thiophene rings is 1. The largest absolute Gasteiger partial charge is 0.493 e. The highest BCUT2D eigenvalue weighted by Gasteiger charge is 2.25. The van der Waals surface area contributed by atoms with Gasteiger partial charge in [0.2, 0.25) is 5.91 Å². The molecule has 0 radical (unpaired) electrons. The molecule has 2 aromatic heterocycles. The van der Waals surface area contributed by atoms with Gasteiger partial charge < -0.3 is 15.8 Å². The van der Waals surface area contributed by atoms with Crippen molar-refractivity contribution in [3.8, 4) is 5.75 Å². The third-order valence-electron chi connectivity index (χ3n) is 5.79. The fraction of sp³-hybridized carbons (Fsp3) is 0.409. The number of anilines is 1. The maximum absolute atomic E-state index is 12.6. The van der Waals surface area contributed by atoms with Gasteiger partial charge in [-0.15, -0.1) is 11.3 Å². The van der Waals surface area contributed by atoms with Gasteiger partial charge in [-0.3, -0.25) is 4.79 Å². The van der Waals surface area contributed by atoms with Crippen LogP contribution in [0.3, 0.4) is 0 Å². The molecule has 0 saturated carbocycles. The number of hydrogen-bond acceptors (Lipinski definition) is 7. The molecule has 3 aromatic rings. The van der Waals surface area contributed by atoms with E-state index < -0.39 is 0 Å². The summed E-state index contributed by atoms with van der Waals surface area (Å²) >= 11 is 3.06. The first-order valence-electron chi connectivity index (χ1n) is 10.3. The number of ether oxygens (including phenoxy) is 1. The van der Waals surface area contributed by atoms with Crippen LogP contribution in [0.15, 0.2) is 29.4 Å². The first-order chi connectivity index (χ1) is 14.6. The first kappa shape index (κ1) is 19.6. The van der Waals surface area contributed by atoms with Crippen molar-refractivity contribution >= 4 is 45.0 Å². The average molecular weight is 441 g/mol. The minimum absolute atomic E-state index is 0.0254. The molecule has 6 nitrogen and oxygen atoms in total. The summed E-state index contributed by atoms with van der Waals surface area (Å²) in [6, 6.07) is 7.83. The number of carbonyl (C=O) groups excluding carboxylic acids is 1. The smallest absolute Gasteiger partial charge is 0.230 e. The van der Waals surface area contributed by atoms with Crippen LogP contribution in [-0.4, -0.2) is 28.2 Å². The maximum Gasteiger partial charge on any atom is 0.230 e. The van der Waals surface area contributed by atoms with Crippen LogP contribution < -0.4 is 15.8 Å². The van der Waals surface area contributed by atoms with Gasteiger partial charge >= 0.3 is 0 Å². The zero-order chi connectivity index (χ0) is 20.7. The van der Waals surface area contributed by atoms with Gasteiger partial charge in [0.15, 0.2) is 5.16 Å². The minimum Gasteiger partial charge on any atom is -0.493 e. The number of para-hydroxylation sites is 1. The third kappa shape index (κ3) is 3.74. The molecule has 0 fully saturated rings. The fourth-order valence-electron chi connectivity index (χ4n) is 4.27. The Balaban J connectivity index is 1.28. The number of hydrogen-bond donors (Lipinski definition) is 2. The monoisotopic (exact) mass is 440 g/mol. The van der Waals surface area contributed by atoms with E-state index in [0.29, 0.717) is 23.5 Å². The SMILES string of the molecule is C[C@@H]1CCc2c(sc3nc(SCC(=O)N[C@H]4CCOc5ccccc54)nc(N)c23)C1. The van der Waals surface area contributed by atoms with Crippen molar-refractivity contribution in [2.45, 2.75) is 43.8 Å². The summed E-state index contributed by atoms with van der Waals surface area (Å²) in [6.45, 7) is 2.90. The predicted molar refractivity (Wildman–Crippen MR) is 121 cm³/mol. The Morgan fingerprint density at radius 2 is 2.20 bits per heavy atom. The highest BCUT2D eigenvalue weighted by Crippen LogP contribution is 2.40. The van der Waals surface area contributed by atoms with Crippen molar-refractivity contribution in [3.05, 3.63) is 40.3 Å². The van der Waals surface area contributed by atoms with Crippen LogP contribution in [0.1, 0.15) is 41.8 Å². The molecule has 2 atom stereocenters. The second-order valence-corrected chi connectivity index (χ2v) is 10.0. The molecular weight excluding hydrogens is 416 g/mol. The second kappa shape index (κ2) is 8.07. The van der Waals surface area contributed by atoms with Gasteiger partial charge in [0.1, 0.15) is 16.4 Å². The Bertz CT molecular complexity index is 1110. The Morgan fingerprint density at radius 1 is 1.33 bits per heavy atom. The highest BCUT2D eigenvalue weighted by molar-refractivity contribution is 7.99. The number of thioether (sulfide) groups is 1. The van der Waals surface area contributed by atoms with E-state index >= 15 is 0 Å². The van der Waals surface area contributed by atoms with Crippen LogP contribution in [0.5, 0.6) is 5.75 Å². The first-order valence-corrected chi connectivity index (χ1v) is 12.1. The van der Waals surface area contributed by atoms with Crippen molar-refractivity contribution in [2.75, 3.05) is 18.1 Å². The molecule has 0 unspecified atom stereocenters. The molecule has 0 bridgehead atoms. The molecule has 3 heterocycles. The number of fused-ring (bicyclic) bond motifs is 4. The number of nitrogens with zero attached hydrogens (tertiary/aromatic N) is 2. The summed E-state index contributed by atoms with van der Waals surface area (Å²) in [4.78, 5) is 24.1. The second-order valence-electron chi connectivity index (χ2n) is 8.01. The summed E-state index contributed by atoms with van der Waals surface area (Å²) in [5.41, 5.74) is 8.66. The summed E-state index contributed by atoms with van der Waals surface area (Å²) < 4.78 is 5.67. The van der Waals surface area contributed by atoms with E-state index in [1.165, 1.54) is 28.6 Å². The fourth-order valence-corrected chi connectivity index (χ4v) is 6.38. The summed E-state index contributed by atoms with van der Waals surface area (Å²) in [5.74, 6) is 2.30. The summed E-state index contributed by atoms with van der Waals surface area (Å²) in [5, 5.41) is 4.70. The molecule has 2 aliphatic rings. The Hall–Kier alpha value is -2.32. The number of nitrogens with one attached hydrogen (secondary N) is 1. The topological polar surface area (TPSA) is 90.1 Å². The van der Waals surface area contributed by atoms with Crippen molar-refractivity contribution < 1.29 is 9.53 Å². The lowest BCUT2D eigenvalue weighted by atomic mass is 9.89. The molecule has 5 rings (SSSR count). The molecule has 1 amide bonds. The Morgan fingerprint density at radius 3 is 3.10 bits per heavy atom. The number of rotatable bonds is 4. The number of aromatic nitrogens is 2. The molecule has 1 aliphatic carbocycles. The normalized spacial score (nSPS) is 20.3. The van der Waals surface area contributed by atoms with E-state index in [2.05, 4.69) is 17.2 Å². The van der Waals surface area contributed by atoms with Crippen LogP contribution in [0.4, 0.5) is 5.82 Å². The average Bonchev–Trinajstić information content (AvgIpc) is 3.10. The van der Waals surface area contributed by atoms with Crippen molar-refractivity contribution in [1.82, 2.24) is 15.3 Å². The van der Waals surface area contributed by atoms with Gasteiger partial charge in [-0.25, -0.2) is 9.97 Å². The van der Waals surface area contributed by atoms with Gasteiger partial charge in [-0.1, -0.05) is 36.9 Å². The Kier molecular flexibility index (Phi) is 5.28. The molecule has 0 saturated heterocycles. The van der Waals surface area contributed by atoms with E-state index in [1.54, 1.807) is 11.3 Å². The van der Waals surface area contributed by atoms with Crippen LogP contribution in [-0.2, 0) is 17.6 Å². The highest BCUT2D eigenvalue weighted by atomic mass is 32.2. The van der Waals surface area contributed by atoms with Crippen molar-refractivity contribution in [1.29, 1.82) is 0 Å². The number of benzene rings is 1. The molecule has 3 N–H and O–H groups in total. The molecule has 156 valence electrons. The molecular formula is C22H24N4O2S2. The number of carbonyl (C=O) groups is 1. The number of nitrogens with two attached hydrogens (primary N) is 1. The lowest BCUT2D eigenvalue weighted by molar-refractivity contribution is -0.119. The molecule has 0 spiro atoms. The van der Waals surface area contributed by atoms with Gasteiger partial charge in [0.25, 0.3) is 0 Å². The van der Waals surface area contributed by atoms with Crippen LogP contribution >= 0.6 is 23.1 Å². The van der Waals surface area contributed by atoms with E-state index in [4.69, 9.17) is 15.5 Å². The van der Waals surface area contributed by atoms with Gasteiger partial charge in [-0.05, 0) is 36.8 Å². The summed E-state index contributed by atoms with van der Waals surface area (Å²) in [7, 11) is 0. The standard InChI is InChI=1S/C22H24N4O2S2/c1-12-6-7-14-17(10-12)30-21-19(14)20(23)25-22(26-21)29-11-18(27)24-15-8-9-28-16-5-3-2-4-13(15)16/h2-5,12,15H,6-11H2,1H3,(H,24,27)(H2,23,25,26)/t12-,15+/m1/s1. The van der Waals surface area contributed by atoms with Gasteiger partial charge in [0.05, 0.1) is 23.8 Å². The zero-order valence-corrected chi connectivity index (χ0v) is 18.4. The minimum atomic E-state index is -0.0386. The summed E-state index contributed by atoms with van der Waals surface area (Å²) in [6.07, 6.45) is 4.09.